The zero-order chi connectivity index (χ0) is 14.9. The van der Waals surface area contributed by atoms with Crippen molar-refractivity contribution in [3.63, 3.8) is 0 Å². The molecule has 120 valence electrons. The van der Waals surface area contributed by atoms with Gasteiger partial charge in [-0.25, -0.2) is 5.84 Å². The molecule has 0 rings (SSSR count). The van der Waals surface area contributed by atoms with Crippen molar-refractivity contribution >= 4 is 5.91 Å². The minimum atomic E-state index is -0.236. The Morgan fingerprint density at radius 3 is 1.75 bits per heavy atom. The first kappa shape index (κ1) is 19.3. The van der Waals surface area contributed by atoms with E-state index in [1.165, 1.54) is 0 Å². The molecule has 0 saturated heterocycles. The number of nitrogens with one attached hydrogen (secondary N) is 1. The van der Waals surface area contributed by atoms with Crippen LogP contribution >= 0.6 is 0 Å². The second-order valence-corrected chi connectivity index (χ2v) is 4.12. The zero-order valence-corrected chi connectivity index (χ0v) is 12.4. The highest BCUT2D eigenvalue weighted by Crippen LogP contribution is 1.88. The fraction of sp³-hybridized carbons (Fsp3) is 0.923. The minimum absolute atomic E-state index is 0.236. The van der Waals surface area contributed by atoms with E-state index in [1.807, 2.05) is 5.43 Å². The summed E-state index contributed by atoms with van der Waals surface area (Å²) in [5.41, 5.74) is 2.03. The van der Waals surface area contributed by atoms with Crippen molar-refractivity contribution in [2.24, 2.45) is 5.84 Å². The lowest BCUT2D eigenvalue weighted by atomic mass is 10.4. The molecule has 0 aliphatic heterocycles. The predicted molar refractivity (Wildman–Crippen MR) is 75.1 cm³/mol. The van der Waals surface area contributed by atoms with Gasteiger partial charge in [-0.1, -0.05) is 13.3 Å². The maximum Gasteiger partial charge on any atom is 0.236 e. The van der Waals surface area contributed by atoms with Crippen LogP contribution in [0.15, 0.2) is 0 Å². The van der Waals surface area contributed by atoms with Crippen molar-refractivity contribution in [1.29, 1.82) is 0 Å². The van der Waals surface area contributed by atoms with E-state index in [2.05, 4.69) is 6.92 Å². The molecule has 7 nitrogen and oxygen atoms in total. The van der Waals surface area contributed by atoms with Crippen LogP contribution in [0.4, 0.5) is 0 Å². The quantitative estimate of drug-likeness (QED) is 0.194. The van der Waals surface area contributed by atoms with Gasteiger partial charge in [0, 0.05) is 6.61 Å². The van der Waals surface area contributed by atoms with Gasteiger partial charge in [-0.3, -0.25) is 10.2 Å². The maximum absolute atomic E-state index is 10.8. The Kier molecular flexibility index (Phi) is 15.7. The van der Waals surface area contributed by atoms with E-state index >= 15 is 0 Å². The molecule has 0 saturated carbocycles. The van der Waals surface area contributed by atoms with Crippen molar-refractivity contribution in [3.8, 4) is 0 Å². The molecule has 0 bridgehead atoms. The van der Waals surface area contributed by atoms with Crippen LogP contribution in [0.1, 0.15) is 26.2 Å². The van der Waals surface area contributed by atoms with Gasteiger partial charge in [-0.05, 0) is 6.42 Å². The molecule has 0 aromatic heterocycles. The van der Waals surface area contributed by atoms with Crippen molar-refractivity contribution in [1.82, 2.24) is 5.43 Å². The Bertz CT molecular complexity index is 217. The first-order valence-electron chi connectivity index (χ1n) is 7.11. The molecule has 7 heteroatoms. The molecule has 0 heterocycles. The normalized spacial score (nSPS) is 10.7. The van der Waals surface area contributed by atoms with Crippen LogP contribution in [-0.4, -0.2) is 58.8 Å². The lowest BCUT2D eigenvalue weighted by Crippen LogP contribution is -2.30. The fourth-order valence-electron chi connectivity index (χ4n) is 1.25. The molecule has 0 spiro atoms. The average Bonchev–Trinajstić information content (AvgIpc) is 2.47. The SMILES string of the molecule is CCCCOCCOCCOCCOCCC(=O)NN. The van der Waals surface area contributed by atoms with Gasteiger partial charge in [-0.2, -0.15) is 0 Å². The van der Waals surface area contributed by atoms with Gasteiger partial charge in [0.2, 0.25) is 5.91 Å². The summed E-state index contributed by atoms with van der Waals surface area (Å²) in [6, 6.07) is 0. The fourth-order valence-corrected chi connectivity index (χ4v) is 1.25. The smallest absolute Gasteiger partial charge is 0.236 e. The van der Waals surface area contributed by atoms with Crippen LogP contribution in [0.2, 0.25) is 0 Å². The summed E-state index contributed by atoms with van der Waals surface area (Å²) in [5, 5.41) is 0. The number of ether oxygens (including phenoxy) is 4. The summed E-state index contributed by atoms with van der Waals surface area (Å²) < 4.78 is 21.2. The van der Waals surface area contributed by atoms with E-state index in [4.69, 9.17) is 24.8 Å². The zero-order valence-electron chi connectivity index (χ0n) is 12.4. The second kappa shape index (κ2) is 16.3. The van der Waals surface area contributed by atoms with Crippen molar-refractivity contribution < 1.29 is 23.7 Å². The maximum atomic E-state index is 10.8. The standard InChI is InChI=1S/C13H28N2O5/c1-2-3-5-17-7-9-19-11-12-20-10-8-18-6-4-13(16)15-14/h2-12,14H2,1H3,(H,15,16). The highest BCUT2D eigenvalue weighted by atomic mass is 16.6. The van der Waals surface area contributed by atoms with Gasteiger partial charge in [0.15, 0.2) is 0 Å². The van der Waals surface area contributed by atoms with Crippen molar-refractivity contribution in [2.45, 2.75) is 26.2 Å². The topological polar surface area (TPSA) is 92.0 Å². The highest BCUT2D eigenvalue weighted by molar-refractivity contribution is 5.75. The van der Waals surface area contributed by atoms with Crippen LogP contribution in [-0.2, 0) is 23.7 Å². The number of carbonyl (C=O) groups is 1. The lowest BCUT2D eigenvalue weighted by molar-refractivity contribution is -0.122. The number of nitrogens with two attached hydrogens (primary N) is 1. The summed E-state index contributed by atoms with van der Waals surface area (Å²) in [6.07, 6.45) is 2.50. The number of rotatable bonds is 15. The van der Waals surface area contributed by atoms with E-state index in [1.54, 1.807) is 0 Å². The monoisotopic (exact) mass is 292 g/mol. The third-order valence-corrected chi connectivity index (χ3v) is 2.39. The molecule has 0 fully saturated rings. The Balaban J connectivity index is 2.97. The Morgan fingerprint density at radius 2 is 1.30 bits per heavy atom. The number of hydrogen-bond donors (Lipinski definition) is 2. The lowest BCUT2D eigenvalue weighted by Gasteiger charge is -2.07. The number of carbonyl (C=O) groups excluding carboxylic acids is 1. The summed E-state index contributed by atoms with van der Waals surface area (Å²) in [5.74, 6) is 4.69. The van der Waals surface area contributed by atoms with Gasteiger partial charge in [0.25, 0.3) is 0 Å². The van der Waals surface area contributed by atoms with E-state index < -0.39 is 0 Å². The van der Waals surface area contributed by atoms with Gasteiger partial charge in [-0.15, -0.1) is 0 Å². The van der Waals surface area contributed by atoms with Gasteiger partial charge < -0.3 is 18.9 Å². The first-order chi connectivity index (χ1) is 9.81. The number of unbranched alkanes of at least 4 members (excludes halogenated alkanes) is 1. The van der Waals surface area contributed by atoms with Crippen molar-refractivity contribution in [2.75, 3.05) is 52.9 Å². The molecule has 0 aromatic rings. The Labute approximate surface area is 121 Å². The molecule has 0 aliphatic carbocycles. The van der Waals surface area contributed by atoms with Crippen LogP contribution < -0.4 is 11.3 Å². The summed E-state index contributed by atoms with van der Waals surface area (Å²) in [6.45, 7) is 6.53. The molecule has 20 heavy (non-hydrogen) atoms. The van der Waals surface area contributed by atoms with Crippen molar-refractivity contribution in [3.05, 3.63) is 0 Å². The number of amides is 1. The first-order valence-corrected chi connectivity index (χ1v) is 7.11. The average molecular weight is 292 g/mol. The third kappa shape index (κ3) is 15.3. The van der Waals surface area contributed by atoms with E-state index in [0.29, 0.717) is 46.2 Å². The Morgan fingerprint density at radius 1 is 0.850 bits per heavy atom. The molecule has 0 atom stereocenters. The van der Waals surface area contributed by atoms with Gasteiger partial charge in [0.1, 0.15) is 0 Å². The Hall–Kier alpha value is -0.730. The largest absolute Gasteiger partial charge is 0.379 e. The molecule has 0 aromatic carbocycles. The summed E-state index contributed by atoms with van der Waals surface area (Å²) in [7, 11) is 0. The molecule has 3 N–H and O–H groups in total. The molecular weight excluding hydrogens is 264 g/mol. The molecule has 0 unspecified atom stereocenters. The van der Waals surface area contributed by atoms with Crippen LogP contribution in [0, 0.1) is 0 Å². The molecule has 0 aliphatic rings. The van der Waals surface area contributed by atoms with E-state index in [0.717, 1.165) is 19.4 Å². The van der Waals surface area contributed by atoms with Crippen LogP contribution in [0.3, 0.4) is 0 Å². The predicted octanol–water partition coefficient (Wildman–Crippen LogP) is 0.233. The van der Waals surface area contributed by atoms with Crippen LogP contribution in [0.25, 0.3) is 0 Å². The summed E-state index contributed by atoms with van der Waals surface area (Å²) in [4.78, 5) is 10.8. The van der Waals surface area contributed by atoms with E-state index in [9.17, 15) is 4.79 Å². The molecule has 1 amide bonds. The van der Waals surface area contributed by atoms with Crippen LogP contribution in [0.5, 0.6) is 0 Å². The number of hydrogen-bond acceptors (Lipinski definition) is 6. The van der Waals surface area contributed by atoms with Gasteiger partial charge >= 0.3 is 0 Å². The van der Waals surface area contributed by atoms with Gasteiger partial charge in [0.05, 0.1) is 52.7 Å². The molecular formula is C13H28N2O5. The highest BCUT2D eigenvalue weighted by Gasteiger charge is 1.97. The number of hydrazine groups is 1. The third-order valence-electron chi connectivity index (χ3n) is 2.39. The van der Waals surface area contributed by atoms with E-state index in [-0.39, 0.29) is 12.3 Å². The summed E-state index contributed by atoms with van der Waals surface area (Å²) >= 11 is 0. The second-order valence-electron chi connectivity index (χ2n) is 4.12. The molecule has 0 radical (unpaired) electrons. The minimum Gasteiger partial charge on any atom is -0.379 e.